The molecule has 0 aromatic heterocycles. The molecule has 0 aliphatic carbocycles. The number of nitrogens with one attached hydrogen (secondary N) is 1. The molecule has 0 saturated heterocycles. The normalized spacial score (nSPS) is 10.6. The van der Waals surface area contributed by atoms with Crippen LogP contribution in [0.25, 0.3) is 0 Å². The van der Waals surface area contributed by atoms with E-state index < -0.39 is 11.7 Å². The van der Waals surface area contributed by atoms with Crippen molar-refractivity contribution in [2.75, 3.05) is 32.4 Å². The summed E-state index contributed by atoms with van der Waals surface area (Å²) in [6.45, 7) is 4.17. The molecule has 0 saturated carbocycles. The maximum Gasteiger partial charge on any atom is 0.254 e. The van der Waals surface area contributed by atoms with Gasteiger partial charge in [0.15, 0.2) is 0 Å². The Kier molecular flexibility index (Phi) is 4.90. The number of amides is 1. The van der Waals surface area contributed by atoms with E-state index in [0.29, 0.717) is 12.2 Å². The number of carbonyl (C=O) groups excluding carboxylic acids is 1. The highest BCUT2D eigenvalue weighted by molar-refractivity contribution is 5.94. The summed E-state index contributed by atoms with van der Waals surface area (Å²) in [4.78, 5) is 13.7. The second kappa shape index (κ2) is 6.20. The minimum atomic E-state index is -0.591. The molecular weight excluding hydrogens is 221 g/mol. The molecule has 0 aliphatic heterocycles. The highest BCUT2D eigenvalue weighted by Gasteiger charge is 2.11. The molecule has 0 atom stereocenters. The molecule has 3 N–H and O–H groups in total. The van der Waals surface area contributed by atoms with Crippen LogP contribution < -0.4 is 11.1 Å². The van der Waals surface area contributed by atoms with Crippen molar-refractivity contribution in [3.8, 4) is 0 Å². The highest BCUT2D eigenvalue weighted by atomic mass is 19.1. The average molecular weight is 239 g/mol. The first-order chi connectivity index (χ1) is 8.04. The van der Waals surface area contributed by atoms with Crippen LogP contribution in [0.4, 0.5) is 10.1 Å². The van der Waals surface area contributed by atoms with Crippen molar-refractivity contribution in [2.45, 2.75) is 6.92 Å². The van der Waals surface area contributed by atoms with Gasteiger partial charge in [-0.3, -0.25) is 4.79 Å². The van der Waals surface area contributed by atoms with Crippen LogP contribution >= 0.6 is 0 Å². The van der Waals surface area contributed by atoms with Crippen molar-refractivity contribution in [3.05, 3.63) is 29.6 Å². The van der Waals surface area contributed by atoms with Crippen molar-refractivity contribution in [1.82, 2.24) is 10.2 Å². The minimum absolute atomic E-state index is 0.0263. The zero-order valence-electron chi connectivity index (χ0n) is 10.2. The third-order valence-corrected chi connectivity index (χ3v) is 2.56. The number of rotatable bonds is 5. The first-order valence-corrected chi connectivity index (χ1v) is 5.56. The molecule has 1 aromatic rings. The van der Waals surface area contributed by atoms with Crippen LogP contribution in [0.3, 0.4) is 0 Å². The third kappa shape index (κ3) is 4.03. The number of nitrogens with two attached hydrogens (primary N) is 1. The molecule has 0 aliphatic rings. The topological polar surface area (TPSA) is 58.4 Å². The quantitative estimate of drug-likeness (QED) is 0.756. The van der Waals surface area contributed by atoms with E-state index in [1.54, 1.807) is 0 Å². The molecular formula is C12H18FN3O. The first kappa shape index (κ1) is 13.4. The molecule has 1 rings (SSSR count). The Morgan fingerprint density at radius 2 is 2.24 bits per heavy atom. The van der Waals surface area contributed by atoms with Crippen LogP contribution in [-0.2, 0) is 0 Å². The molecule has 0 spiro atoms. The number of likely N-dealkylation sites (N-methyl/N-ethyl adjacent to an activating group) is 1. The Morgan fingerprint density at radius 3 is 2.82 bits per heavy atom. The third-order valence-electron chi connectivity index (χ3n) is 2.56. The van der Waals surface area contributed by atoms with Gasteiger partial charge in [0.1, 0.15) is 5.82 Å². The number of nitrogens with zero attached hydrogens (tertiary/aromatic N) is 1. The van der Waals surface area contributed by atoms with Crippen LogP contribution in [0, 0.1) is 5.82 Å². The van der Waals surface area contributed by atoms with E-state index in [9.17, 15) is 9.18 Å². The summed E-state index contributed by atoms with van der Waals surface area (Å²) in [5.41, 5.74) is 5.74. The van der Waals surface area contributed by atoms with Crippen molar-refractivity contribution in [3.63, 3.8) is 0 Å². The van der Waals surface area contributed by atoms with Crippen molar-refractivity contribution >= 4 is 11.6 Å². The smallest absolute Gasteiger partial charge is 0.254 e. The van der Waals surface area contributed by atoms with Gasteiger partial charge in [-0.25, -0.2) is 4.39 Å². The average Bonchev–Trinajstić information content (AvgIpc) is 2.28. The van der Waals surface area contributed by atoms with Gasteiger partial charge in [0.05, 0.1) is 5.56 Å². The van der Waals surface area contributed by atoms with Crippen LogP contribution in [0.15, 0.2) is 18.2 Å². The number of benzene rings is 1. The molecule has 0 heterocycles. The van der Waals surface area contributed by atoms with E-state index >= 15 is 0 Å². The maximum atomic E-state index is 13.4. The summed E-state index contributed by atoms with van der Waals surface area (Å²) >= 11 is 0. The molecule has 1 amide bonds. The number of anilines is 1. The van der Waals surface area contributed by atoms with Crippen molar-refractivity contribution in [2.24, 2.45) is 0 Å². The van der Waals surface area contributed by atoms with Crippen LogP contribution in [0.2, 0.25) is 0 Å². The Morgan fingerprint density at radius 1 is 1.53 bits per heavy atom. The van der Waals surface area contributed by atoms with Gasteiger partial charge in [-0.15, -0.1) is 0 Å². The summed E-state index contributed by atoms with van der Waals surface area (Å²) in [7, 11) is 1.95. The van der Waals surface area contributed by atoms with E-state index in [0.717, 1.165) is 19.2 Å². The van der Waals surface area contributed by atoms with Gasteiger partial charge in [0.2, 0.25) is 0 Å². The molecule has 5 heteroatoms. The molecule has 0 radical (unpaired) electrons. The fourth-order valence-electron chi connectivity index (χ4n) is 1.33. The van der Waals surface area contributed by atoms with E-state index in [2.05, 4.69) is 10.2 Å². The van der Waals surface area contributed by atoms with E-state index in [1.165, 1.54) is 12.1 Å². The van der Waals surface area contributed by atoms with E-state index in [1.807, 2.05) is 14.0 Å². The van der Waals surface area contributed by atoms with Gasteiger partial charge in [0, 0.05) is 18.8 Å². The molecule has 0 unspecified atom stereocenters. The van der Waals surface area contributed by atoms with E-state index in [4.69, 9.17) is 5.73 Å². The predicted octanol–water partition coefficient (Wildman–Crippen LogP) is 1.09. The minimum Gasteiger partial charge on any atom is -0.399 e. The summed E-state index contributed by atoms with van der Waals surface area (Å²) in [6.07, 6.45) is 0. The van der Waals surface area contributed by atoms with Crippen LogP contribution in [-0.4, -0.2) is 37.5 Å². The highest BCUT2D eigenvalue weighted by Crippen LogP contribution is 2.11. The second-order valence-electron chi connectivity index (χ2n) is 3.89. The fourth-order valence-corrected chi connectivity index (χ4v) is 1.33. The summed E-state index contributed by atoms with van der Waals surface area (Å²) < 4.78 is 13.4. The van der Waals surface area contributed by atoms with E-state index in [-0.39, 0.29) is 5.56 Å². The molecule has 0 fully saturated rings. The first-order valence-electron chi connectivity index (χ1n) is 5.56. The van der Waals surface area contributed by atoms with Crippen molar-refractivity contribution in [1.29, 1.82) is 0 Å². The fraction of sp³-hybridized carbons (Fsp3) is 0.417. The Bertz CT molecular complexity index is 395. The predicted molar refractivity (Wildman–Crippen MR) is 66.3 cm³/mol. The van der Waals surface area contributed by atoms with Gasteiger partial charge < -0.3 is 16.0 Å². The lowest BCUT2D eigenvalue weighted by molar-refractivity contribution is 0.0946. The zero-order chi connectivity index (χ0) is 12.8. The van der Waals surface area contributed by atoms with Gasteiger partial charge in [-0.05, 0) is 31.8 Å². The van der Waals surface area contributed by atoms with Crippen LogP contribution in [0.5, 0.6) is 0 Å². The lowest BCUT2D eigenvalue weighted by Gasteiger charge is -2.14. The summed E-state index contributed by atoms with van der Waals surface area (Å²) in [5, 5.41) is 2.66. The Labute approximate surface area is 101 Å². The van der Waals surface area contributed by atoms with Gasteiger partial charge >= 0.3 is 0 Å². The second-order valence-corrected chi connectivity index (χ2v) is 3.89. The SMILES string of the molecule is CCN(C)CCNC(=O)c1ccc(N)cc1F. The monoisotopic (exact) mass is 239 g/mol. The lowest BCUT2D eigenvalue weighted by Crippen LogP contribution is -2.33. The number of hydrogen-bond donors (Lipinski definition) is 2. The standard InChI is InChI=1S/C12H18FN3O/c1-3-16(2)7-6-15-12(17)10-5-4-9(14)8-11(10)13/h4-5,8H,3,6-7,14H2,1-2H3,(H,15,17). The van der Waals surface area contributed by atoms with Crippen LogP contribution in [0.1, 0.15) is 17.3 Å². The molecule has 17 heavy (non-hydrogen) atoms. The molecule has 4 nitrogen and oxygen atoms in total. The Hall–Kier alpha value is -1.62. The van der Waals surface area contributed by atoms with Gasteiger partial charge in [-0.1, -0.05) is 6.92 Å². The summed E-state index contributed by atoms with van der Waals surface area (Å²) in [5.74, 6) is -1.00. The number of nitrogen functional groups attached to an aromatic ring is 1. The maximum absolute atomic E-state index is 13.4. The number of hydrogen-bond acceptors (Lipinski definition) is 3. The zero-order valence-corrected chi connectivity index (χ0v) is 10.2. The number of halogens is 1. The number of carbonyl (C=O) groups is 1. The summed E-state index contributed by atoms with van der Waals surface area (Å²) in [6, 6.07) is 4.05. The lowest BCUT2D eigenvalue weighted by atomic mass is 10.2. The largest absolute Gasteiger partial charge is 0.399 e. The molecule has 0 bridgehead atoms. The van der Waals surface area contributed by atoms with Gasteiger partial charge in [0.25, 0.3) is 5.91 Å². The Balaban J connectivity index is 2.52. The van der Waals surface area contributed by atoms with Gasteiger partial charge in [-0.2, -0.15) is 0 Å². The molecule has 1 aromatic carbocycles. The molecule has 94 valence electrons. The van der Waals surface area contributed by atoms with Crippen molar-refractivity contribution < 1.29 is 9.18 Å².